The van der Waals surface area contributed by atoms with Crippen LogP contribution in [-0.2, 0) is 4.79 Å². The van der Waals surface area contributed by atoms with E-state index in [1.165, 1.54) is 12.1 Å². The van der Waals surface area contributed by atoms with Gasteiger partial charge in [-0.3, -0.25) is 14.9 Å². The molecule has 0 bridgehead atoms. The molecule has 0 saturated heterocycles. The molecule has 0 aliphatic heterocycles. The van der Waals surface area contributed by atoms with Crippen LogP contribution in [-0.4, -0.2) is 22.5 Å². The lowest BCUT2D eigenvalue weighted by Crippen LogP contribution is -2.31. The lowest BCUT2D eigenvalue weighted by molar-refractivity contribution is -0.384. The number of rotatable bonds is 5. The van der Waals surface area contributed by atoms with Crippen molar-refractivity contribution in [2.75, 3.05) is 11.9 Å². The van der Waals surface area contributed by atoms with Gasteiger partial charge in [0, 0.05) is 24.4 Å². The Labute approximate surface area is 105 Å². The predicted molar refractivity (Wildman–Crippen MR) is 67.7 cm³/mol. The predicted octanol–water partition coefficient (Wildman–Crippen LogP) is 2.43. The van der Waals surface area contributed by atoms with E-state index in [2.05, 4.69) is 5.32 Å². The number of aryl methyl sites for hydroxylation is 1. The van der Waals surface area contributed by atoms with E-state index in [0.717, 1.165) is 0 Å². The molecule has 0 saturated carbocycles. The molecule has 0 spiro atoms. The van der Waals surface area contributed by atoms with Gasteiger partial charge >= 0.3 is 5.97 Å². The van der Waals surface area contributed by atoms with Crippen LogP contribution < -0.4 is 5.32 Å². The minimum absolute atomic E-state index is 0.0237. The number of nitro benzene ring substituents is 1. The maximum absolute atomic E-state index is 10.9. The highest BCUT2D eigenvalue weighted by Gasteiger charge is 2.26. The summed E-state index contributed by atoms with van der Waals surface area (Å²) in [5.41, 5.74) is 0.546. The number of hydrogen-bond acceptors (Lipinski definition) is 4. The Morgan fingerprint density at radius 1 is 1.50 bits per heavy atom. The van der Waals surface area contributed by atoms with Gasteiger partial charge in [-0.25, -0.2) is 0 Å². The Hall–Kier alpha value is -2.11. The molecule has 6 heteroatoms. The molecular formula is C12H16N2O4. The fourth-order valence-corrected chi connectivity index (χ4v) is 1.35. The van der Waals surface area contributed by atoms with Crippen molar-refractivity contribution in [1.82, 2.24) is 0 Å². The van der Waals surface area contributed by atoms with Gasteiger partial charge in [0.2, 0.25) is 0 Å². The Morgan fingerprint density at radius 2 is 2.11 bits per heavy atom. The number of nitrogens with zero attached hydrogens (tertiary/aromatic N) is 1. The number of aliphatic carboxylic acids is 1. The van der Waals surface area contributed by atoms with Crippen LogP contribution in [0.15, 0.2) is 18.2 Å². The van der Waals surface area contributed by atoms with E-state index < -0.39 is 16.3 Å². The summed E-state index contributed by atoms with van der Waals surface area (Å²) in [6, 6.07) is 4.44. The first kappa shape index (κ1) is 14.0. The molecule has 1 aromatic rings. The largest absolute Gasteiger partial charge is 0.481 e. The quantitative estimate of drug-likeness (QED) is 0.620. The van der Waals surface area contributed by atoms with Crippen LogP contribution in [0.4, 0.5) is 11.4 Å². The highest BCUT2D eigenvalue weighted by atomic mass is 16.6. The second kappa shape index (κ2) is 5.03. The molecule has 0 unspecified atom stereocenters. The van der Waals surface area contributed by atoms with Gasteiger partial charge in [-0.1, -0.05) is 0 Å². The Kier molecular flexibility index (Phi) is 3.90. The number of carbonyl (C=O) groups is 1. The summed E-state index contributed by atoms with van der Waals surface area (Å²) in [4.78, 5) is 21.1. The van der Waals surface area contributed by atoms with Gasteiger partial charge in [-0.05, 0) is 32.4 Å². The van der Waals surface area contributed by atoms with E-state index >= 15 is 0 Å². The van der Waals surface area contributed by atoms with Crippen LogP contribution in [0.2, 0.25) is 0 Å². The van der Waals surface area contributed by atoms with Crippen molar-refractivity contribution in [2.24, 2.45) is 5.41 Å². The van der Waals surface area contributed by atoms with Gasteiger partial charge in [0.1, 0.15) is 0 Å². The van der Waals surface area contributed by atoms with Crippen molar-refractivity contribution in [3.8, 4) is 0 Å². The maximum Gasteiger partial charge on any atom is 0.310 e. The van der Waals surface area contributed by atoms with Crippen LogP contribution in [0.3, 0.4) is 0 Å². The van der Waals surface area contributed by atoms with Gasteiger partial charge in [0.05, 0.1) is 10.3 Å². The third-order valence-electron chi connectivity index (χ3n) is 2.72. The number of carboxylic acids is 1. The lowest BCUT2D eigenvalue weighted by Gasteiger charge is -2.21. The number of carboxylic acid groups (broad SMARTS) is 1. The van der Waals surface area contributed by atoms with Crippen molar-refractivity contribution < 1.29 is 14.8 Å². The van der Waals surface area contributed by atoms with Gasteiger partial charge < -0.3 is 10.4 Å². The molecule has 0 radical (unpaired) electrons. The Morgan fingerprint density at radius 3 is 2.56 bits per heavy atom. The number of nitro groups is 1. The molecule has 0 aliphatic rings. The molecule has 0 fully saturated rings. The zero-order valence-corrected chi connectivity index (χ0v) is 10.6. The summed E-state index contributed by atoms with van der Waals surface area (Å²) in [6.45, 7) is 5.22. The second-order valence-corrected chi connectivity index (χ2v) is 4.80. The Balaban J connectivity index is 2.81. The van der Waals surface area contributed by atoms with E-state index in [1.807, 2.05) is 0 Å². The SMILES string of the molecule is Cc1cc([N+](=O)[O-])ccc1NCC(C)(C)C(=O)O. The first-order valence-corrected chi connectivity index (χ1v) is 5.46. The summed E-state index contributed by atoms with van der Waals surface area (Å²) in [5, 5.41) is 22.6. The standard InChI is InChI=1S/C12H16N2O4/c1-8-6-9(14(17)18)4-5-10(8)13-7-12(2,3)11(15)16/h4-6,13H,7H2,1-3H3,(H,15,16). The topological polar surface area (TPSA) is 92.5 Å². The van der Waals surface area contributed by atoms with Crippen molar-refractivity contribution >= 4 is 17.3 Å². The molecule has 18 heavy (non-hydrogen) atoms. The van der Waals surface area contributed by atoms with Crippen molar-refractivity contribution in [3.05, 3.63) is 33.9 Å². The minimum atomic E-state index is -0.895. The molecule has 0 heterocycles. The first-order valence-electron chi connectivity index (χ1n) is 5.46. The minimum Gasteiger partial charge on any atom is -0.481 e. The highest BCUT2D eigenvalue weighted by molar-refractivity contribution is 5.74. The molecule has 1 rings (SSSR count). The summed E-state index contributed by atoms with van der Waals surface area (Å²) in [7, 11) is 0. The number of nitrogens with one attached hydrogen (secondary N) is 1. The van der Waals surface area contributed by atoms with E-state index in [9.17, 15) is 14.9 Å². The number of non-ortho nitro benzene ring substituents is 1. The van der Waals surface area contributed by atoms with Crippen LogP contribution in [0.25, 0.3) is 0 Å². The summed E-state index contributed by atoms with van der Waals surface area (Å²) in [6.07, 6.45) is 0. The molecule has 0 aromatic heterocycles. The molecular weight excluding hydrogens is 236 g/mol. The zero-order valence-electron chi connectivity index (χ0n) is 10.6. The van der Waals surface area contributed by atoms with Crippen molar-refractivity contribution in [3.63, 3.8) is 0 Å². The normalized spacial score (nSPS) is 11.1. The summed E-state index contributed by atoms with van der Waals surface area (Å²) >= 11 is 0. The number of anilines is 1. The first-order chi connectivity index (χ1) is 8.24. The van der Waals surface area contributed by atoms with E-state index in [1.54, 1.807) is 26.8 Å². The Bertz CT molecular complexity index is 483. The third-order valence-corrected chi connectivity index (χ3v) is 2.72. The summed E-state index contributed by atoms with van der Waals surface area (Å²) < 4.78 is 0. The van der Waals surface area contributed by atoms with Crippen LogP contribution >= 0.6 is 0 Å². The summed E-state index contributed by atoms with van der Waals surface area (Å²) in [5.74, 6) is -0.894. The third kappa shape index (κ3) is 3.19. The molecule has 98 valence electrons. The van der Waals surface area contributed by atoms with Gasteiger partial charge in [-0.2, -0.15) is 0 Å². The average molecular weight is 252 g/mol. The second-order valence-electron chi connectivity index (χ2n) is 4.80. The van der Waals surface area contributed by atoms with Crippen LogP contribution in [0.5, 0.6) is 0 Å². The number of benzene rings is 1. The maximum atomic E-state index is 10.9. The smallest absolute Gasteiger partial charge is 0.310 e. The molecule has 1 aromatic carbocycles. The number of hydrogen-bond donors (Lipinski definition) is 2. The van der Waals surface area contributed by atoms with E-state index in [4.69, 9.17) is 5.11 Å². The van der Waals surface area contributed by atoms with E-state index in [-0.39, 0.29) is 12.2 Å². The lowest BCUT2D eigenvalue weighted by atomic mass is 9.93. The van der Waals surface area contributed by atoms with Crippen molar-refractivity contribution in [2.45, 2.75) is 20.8 Å². The van der Waals surface area contributed by atoms with E-state index in [0.29, 0.717) is 11.3 Å². The monoisotopic (exact) mass is 252 g/mol. The van der Waals surface area contributed by atoms with Gasteiger partial charge in [0.25, 0.3) is 5.69 Å². The molecule has 0 amide bonds. The van der Waals surface area contributed by atoms with Crippen LogP contribution in [0, 0.1) is 22.5 Å². The highest BCUT2D eigenvalue weighted by Crippen LogP contribution is 2.23. The molecule has 2 N–H and O–H groups in total. The van der Waals surface area contributed by atoms with Crippen LogP contribution in [0.1, 0.15) is 19.4 Å². The molecule has 0 aliphatic carbocycles. The molecule has 6 nitrogen and oxygen atoms in total. The average Bonchev–Trinajstić information content (AvgIpc) is 2.26. The fourth-order valence-electron chi connectivity index (χ4n) is 1.35. The van der Waals surface area contributed by atoms with Crippen molar-refractivity contribution in [1.29, 1.82) is 0 Å². The van der Waals surface area contributed by atoms with Gasteiger partial charge in [0.15, 0.2) is 0 Å². The zero-order chi connectivity index (χ0) is 13.9. The molecule has 0 atom stereocenters. The fraction of sp³-hybridized carbons (Fsp3) is 0.417. The van der Waals surface area contributed by atoms with Gasteiger partial charge in [-0.15, -0.1) is 0 Å².